The van der Waals surface area contributed by atoms with Crippen molar-refractivity contribution in [2.75, 3.05) is 26.2 Å². The highest BCUT2D eigenvalue weighted by Gasteiger charge is 2.22. The molecule has 0 aliphatic carbocycles. The van der Waals surface area contributed by atoms with Gasteiger partial charge in [-0.2, -0.15) is 0 Å². The van der Waals surface area contributed by atoms with Crippen molar-refractivity contribution in [3.8, 4) is 0 Å². The molecule has 1 unspecified atom stereocenters. The van der Waals surface area contributed by atoms with Gasteiger partial charge in [0, 0.05) is 37.8 Å². The van der Waals surface area contributed by atoms with E-state index in [0.29, 0.717) is 30.1 Å². The first-order chi connectivity index (χ1) is 16.1. The number of amides is 1. The summed E-state index contributed by atoms with van der Waals surface area (Å²) in [5.74, 6) is 0.0154. The number of carbonyl (C=O) groups excluding carboxylic acids is 1. The lowest BCUT2D eigenvalue weighted by Gasteiger charge is -2.20. The van der Waals surface area contributed by atoms with Crippen LogP contribution in [0, 0.1) is 6.92 Å². The van der Waals surface area contributed by atoms with E-state index in [2.05, 4.69) is 55.3 Å². The average molecular weight is 485 g/mol. The van der Waals surface area contributed by atoms with Crippen LogP contribution in [0.5, 0.6) is 0 Å². The van der Waals surface area contributed by atoms with Crippen LogP contribution in [-0.2, 0) is 23.7 Å². The van der Waals surface area contributed by atoms with Crippen molar-refractivity contribution in [1.29, 1.82) is 0 Å². The predicted octanol–water partition coefficient (Wildman–Crippen LogP) is 4.06. The maximum atomic E-state index is 13.2. The second-order valence-corrected chi connectivity index (χ2v) is 11.5. The van der Waals surface area contributed by atoms with Gasteiger partial charge < -0.3 is 10.2 Å². The molecule has 0 radical (unpaired) electrons. The lowest BCUT2D eigenvalue weighted by molar-refractivity contribution is -0.120. The molecule has 0 saturated carbocycles. The molecule has 0 spiro atoms. The summed E-state index contributed by atoms with van der Waals surface area (Å²) in [6.45, 7) is 14.3. The van der Waals surface area contributed by atoms with Crippen molar-refractivity contribution in [2.24, 2.45) is 7.05 Å². The van der Waals surface area contributed by atoms with Crippen LogP contribution in [0.1, 0.15) is 69.3 Å². The molecule has 1 amide bonds. The topological polar surface area (TPSA) is 67.2 Å². The maximum Gasteiger partial charge on any atom is 0.257 e. The van der Waals surface area contributed by atoms with E-state index in [9.17, 15) is 9.59 Å². The number of hydrogen-bond acceptors (Lipinski definition) is 5. The monoisotopic (exact) mass is 484 g/mol. The van der Waals surface area contributed by atoms with Crippen LogP contribution in [0.4, 0.5) is 0 Å². The van der Waals surface area contributed by atoms with Crippen molar-refractivity contribution in [3.63, 3.8) is 0 Å². The van der Waals surface area contributed by atoms with Gasteiger partial charge in [-0.3, -0.25) is 14.2 Å². The number of nitrogens with zero attached hydrogens (tertiary/aromatic N) is 3. The Kier molecular flexibility index (Phi) is 8.99. The van der Waals surface area contributed by atoms with Gasteiger partial charge in [-0.05, 0) is 55.8 Å². The molecule has 1 atom stereocenters. The van der Waals surface area contributed by atoms with Crippen molar-refractivity contribution in [3.05, 3.63) is 57.0 Å². The highest BCUT2D eigenvalue weighted by Crippen LogP contribution is 2.25. The molecular weight excluding hydrogens is 444 g/mol. The van der Waals surface area contributed by atoms with Crippen molar-refractivity contribution in [1.82, 2.24) is 19.8 Å². The molecule has 1 fully saturated rings. The average Bonchev–Trinajstić information content (AvgIpc) is 3.31. The van der Waals surface area contributed by atoms with Gasteiger partial charge in [0.1, 0.15) is 0 Å². The number of thioether (sulfide) groups is 1. The summed E-state index contributed by atoms with van der Waals surface area (Å²) < 4.78 is 1.59. The minimum atomic E-state index is -0.271. The fraction of sp³-hybridized carbons (Fsp3) is 0.593. The first-order valence-electron chi connectivity index (χ1n) is 12.4. The number of hydrogen-bond donors (Lipinski definition) is 1. The van der Waals surface area contributed by atoms with Crippen molar-refractivity contribution >= 4 is 17.7 Å². The summed E-state index contributed by atoms with van der Waals surface area (Å²) in [6, 6.07) is 8.48. The van der Waals surface area contributed by atoms with Gasteiger partial charge in [0.05, 0.1) is 5.25 Å². The van der Waals surface area contributed by atoms with E-state index in [1.54, 1.807) is 11.6 Å². The summed E-state index contributed by atoms with van der Waals surface area (Å²) in [5.41, 5.74) is 3.86. The Morgan fingerprint density at radius 3 is 2.41 bits per heavy atom. The van der Waals surface area contributed by atoms with E-state index < -0.39 is 0 Å². The molecule has 2 aromatic rings. The Morgan fingerprint density at radius 1 is 1.18 bits per heavy atom. The smallest absolute Gasteiger partial charge is 0.257 e. The molecular formula is C27H40N4O2S. The second-order valence-electron chi connectivity index (χ2n) is 10.3. The molecule has 2 heterocycles. The van der Waals surface area contributed by atoms with Crippen LogP contribution < -0.4 is 10.9 Å². The quantitative estimate of drug-likeness (QED) is 0.429. The van der Waals surface area contributed by atoms with Crippen LogP contribution in [0.15, 0.2) is 34.2 Å². The summed E-state index contributed by atoms with van der Waals surface area (Å²) in [6.07, 6.45) is 3.73. The number of aromatic nitrogens is 2. The number of benzene rings is 1. The fourth-order valence-corrected chi connectivity index (χ4v) is 5.31. The van der Waals surface area contributed by atoms with E-state index in [-0.39, 0.29) is 22.1 Å². The van der Waals surface area contributed by atoms with Crippen LogP contribution in [-0.4, -0.2) is 51.8 Å². The fourth-order valence-electron chi connectivity index (χ4n) is 4.27. The van der Waals surface area contributed by atoms with Gasteiger partial charge in [0.2, 0.25) is 5.91 Å². The zero-order valence-electron chi connectivity index (χ0n) is 21.6. The highest BCUT2D eigenvalue weighted by atomic mass is 32.2. The Balaban J connectivity index is 1.68. The Morgan fingerprint density at radius 2 is 1.82 bits per heavy atom. The van der Waals surface area contributed by atoms with Crippen LogP contribution >= 0.6 is 11.8 Å². The molecule has 6 nitrogen and oxygen atoms in total. The summed E-state index contributed by atoms with van der Waals surface area (Å²) >= 11 is 1.38. The third-order valence-electron chi connectivity index (χ3n) is 6.59. The SMILES string of the molecule is CCC(Sc1nc(C)c(Cc2ccc(C(C)(C)C)cc2)c(=O)n1C)C(=O)NCCN1CCCC1. The van der Waals surface area contributed by atoms with Crippen LogP contribution in [0.2, 0.25) is 0 Å². The van der Waals surface area contributed by atoms with Gasteiger partial charge in [-0.15, -0.1) is 0 Å². The highest BCUT2D eigenvalue weighted by molar-refractivity contribution is 8.00. The molecule has 7 heteroatoms. The summed E-state index contributed by atoms with van der Waals surface area (Å²) in [5, 5.41) is 3.39. The molecule has 1 N–H and O–H groups in total. The molecule has 1 aliphatic rings. The lowest BCUT2D eigenvalue weighted by atomic mass is 9.86. The second kappa shape index (κ2) is 11.5. The van der Waals surface area contributed by atoms with Crippen molar-refractivity contribution < 1.29 is 4.79 Å². The number of likely N-dealkylation sites (tertiary alicyclic amines) is 1. The Hall–Kier alpha value is -2.12. The van der Waals surface area contributed by atoms with Crippen molar-refractivity contribution in [2.45, 2.75) is 76.1 Å². The minimum absolute atomic E-state index is 0.0154. The largest absolute Gasteiger partial charge is 0.354 e. The molecule has 1 aromatic heterocycles. The maximum absolute atomic E-state index is 13.2. The minimum Gasteiger partial charge on any atom is -0.354 e. The number of rotatable bonds is 9. The number of aryl methyl sites for hydroxylation is 1. The zero-order chi connectivity index (χ0) is 24.9. The predicted molar refractivity (Wildman–Crippen MR) is 141 cm³/mol. The van der Waals surface area contributed by atoms with Gasteiger partial charge >= 0.3 is 0 Å². The van der Waals surface area contributed by atoms with Crippen LogP contribution in [0.3, 0.4) is 0 Å². The lowest BCUT2D eigenvalue weighted by Crippen LogP contribution is -2.38. The molecule has 1 saturated heterocycles. The van der Waals surface area contributed by atoms with Gasteiger partial charge in [-0.1, -0.05) is 63.7 Å². The summed E-state index contributed by atoms with van der Waals surface area (Å²) in [7, 11) is 1.75. The Labute approximate surface area is 208 Å². The molecule has 3 rings (SSSR count). The Bertz CT molecular complexity index is 1030. The third kappa shape index (κ3) is 6.72. The van der Waals surface area contributed by atoms with E-state index in [0.717, 1.165) is 30.9 Å². The number of nitrogens with one attached hydrogen (secondary N) is 1. The van der Waals surface area contributed by atoms with Gasteiger partial charge in [0.25, 0.3) is 5.56 Å². The molecule has 34 heavy (non-hydrogen) atoms. The van der Waals surface area contributed by atoms with Crippen LogP contribution in [0.25, 0.3) is 0 Å². The van der Waals surface area contributed by atoms with E-state index in [4.69, 9.17) is 4.98 Å². The first kappa shape index (κ1) is 26.5. The first-order valence-corrected chi connectivity index (χ1v) is 13.3. The molecule has 186 valence electrons. The van der Waals surface area contributed by atoms with Gasteiger partial charge in [0.15, 0.2) is 5.16 Å². The zero-order valence-corrected chi connectivity index (χ0v) is 22.4. The van der Waals surface area contributed by atoms with E-state index >= 15 is 0 Å². The third-order valence-corrected chi connectivity index (χ3v) is 8.00. The number of carbonyl (C=O) groups is 1. The molecule has 1 aromatic carbocycles. The van der Waals surface area contributed by atoms with Gasteiger partial charge in [-0.25, -0.2) is 4.98 Å². The standard InChI is InChI=1S/C27H40N4O2S/c1-7-23(24(32)28-14-17-31-15-8-9-16-31)34-26-29-19(2)22(25(33)30(26)6)18-20-10-12-21(13-11-20)27(3,4)5/h10-13,23H,7-9,14-18H2,1-6H3,(H,28,32). The van der Waals surface area contributed by atoms with E-state index in [1.165, 1.54) is 30.2 Å². The molecule has 1 aliphatic heterocycles. The molecule has 0 bridgehead atoms. The normalized spacial score (nSPS) is 15.5. The summed E-state index contributed by atoms with van der Waals surface area (Å²) in [4.78, 5) is 33.1. The van der Waals surface area contributed by atoms with E-state index in [1.807, 2.05) is 13.8 Å².